The molecular formula is C15H23N3OS. The van der Waals surface area contributed by atoms with Gasteiger partial charge in [-0.25, -0.2) is 0 Å². The van der Waals surface area contributed by atoms with Crippen LogP contribution in [0.3, 0.4) is 0 Å². The lowest BCUT2D eigenvalue weighted by Crippen LogP contribution is -2.29. The molecule has 2 atom stereocenters. The summed E-state index contributed by atoms with van der Waals surface area (Å²) in [5.74, 6) is -0.108. The number of anilines is 2. The Morgan fingerprint density at radius 3 is 2.85 bits per heavy atom. The van der Waals surface area contributed by atoms with Crippen LogP contribution in [-0.4, -0.2) is 30.5 Å². The number of nitrogens with two attached hydrogens (primary N) is 1. The fourth-order valence-corrected chi connectivity index (χ4v) is 3.52. The summed E-state index contributed by atoms with van der Waals surface area (Å²) in [5.41, 5.74) is 8.22. The highest BCUT2D eigenvalue weighted by Gasteiger charge is 2.21. The second kappa shape index (κ2) is 6.88. The van der Waals surface area contributed by atoms with Crippen LogP contribution in [0, 0.1) is 0 Å². The fraction of sp³-hybridized carbons (Fsp3) is 0.533. The van der Waals surface area contributed by atoms with E-state index < -0.39 is 0 Å². The number of amides is 1. The van der Waals surface area contributed by atoms with Gasteiger partial charge < -0.3 is 16.4 Å². The smallest absolute Gasteiger partial charge is 0.251 e. The summed E-state index contributed by atoms with van der Waals surface area (Å²) < 4.78 is 0. The Morgan fingerprint density at radius 1 is 1.40 bits per heavy atom. The number of rotatable bonds is 4. The molecule has 1 aromatic rings. The first-order valence-electron chi connectivity index (χ1n) is 7.05. The second-order valence-corrected chi connectivity index (χ2v) is 6.38. The van der Waals surface area contributed by atoms with Crippen LogP contribution >= 0.6 is 11.8 Å². The van der Waals surface area contributed by atoms with Gasteiger partial charge in [-0.3, -0.25) is 4.79 Å². The largest absolute Gasteiger partial charge is 0.397 e. The van der Waals surface area contributed by atoms with Gasteiger partial charge in [-0.2, -0.15) is 11.8 Å². The van der Waals surface area contributed by atoms with Crippen LogP contribution in [0.1, 0.15) is 36.0 Å². The van der Waals surface area contributed by atoms with E-state index in [1.54, 1.807) is 13.1 Å². The summed E-state index contributed by atoms with van der Waals surface area (Å²) in [6, 6.07) is 5.93. The van der Waals surface area contributed by atoms with Crippen molar-refractivity contribution in [1.29, 1.82) is 0 Å². The van der Waals surface area contributed by atoms with E-state index in [1.165, 1.54) is 25.7 Å². The lowest BCUT2D eigenvalue weighted by atomic mass is 9.94. The maximum absolute atomic E-state index is 11.6. The number of benzene rings is 1. The van der Waals surface area contributed by atoms with E-state index in [1.807, 2.05) is 23.9 Å². The van der Waals surface area contributed by atoms with E-state index in [0.717, 1.165) is 10.9 Å². The third-order valence-electron chi connectivity index (χ3n) is 3.86. The highest BCUT2D eigenvalue weighted by atomic mass is 32.2. The first-order chi connectivity index (χ1) is 9.63. The van der Waals surface area contributed by atoms with Crippen LogP contribution in [0.4, 0.5) is 11.4 Å². The minimum absolute atomic E-state index is 0.108. The van der Waals surface area contributed by atoms with Crippen molar-refractivity contribution in [2.24, 2.45) is 0 Å². The Balaban J connectivity index is 2.04. The zero-order valence-electron chi connectivity index (χ0n) is 12.1. The van der Waals surface area contributed by atoms with Crippen LogP contribution in [0.2, 0.25) is 0 Å². The van der Waals surface area contributed by atoms with E-state index in [4.69, 9.17) is 5.73 Å². The molecule has 5 heteroatoms. The molecule has 0 aromatic heterocycles. The number of hydrogen-bond acceptors (Lipinski definition) is 4. The van der Waals surface area contributed by atoms with Crippen molar-refractivity contribution in [3.05, 3.63) is 23.8 Å². The molecule has 110 valence electrons. The van der Waals surface area contributed by atoms with Crippen molar-refractivity contribution in [2.45, 2.75) is 37.0 Å². The molecule has 0 heterocycles. The molecule has 0 bridgehead atoms. The summed E-state index contributed by atoms with van der Waals surface area (Å²) in [7, 11) is 1.62. The Morgan fingerprint density at radius 2 is 2.20 bits per heavy atom. The fourth-order valence-electron chi connectivity index (χ4n) is 2.69. The van der Waals surface area contributed by atoms with Crippen molar-refractivity contribution < 1.29 is 4.79 Å². The standard InChI is InChI=1S/C15H23N3OS/c1-17-15(19)10-6-7-14(13(16)8-10)18-11-4-3-5-12(9-11)20-2/h6-8,11-12,18H,3-5,9,16H2,1-2H3,(H,17,19). The number of thioether (sulfide) groups is 1. The average Bonchev–Trinajstić information content (AvgIpc) is 2.48. The molecule has 0 aliphatic heterocycles. The van der Waals surface area contributed by atoms with Gasteiger partial charge in [0, 0.05) is 23.9 Å². The van der Waals surface area contributed by atoms with Crippen LogP contribution in [0.25, 0.3) is 0 Å². The van der Waals surface area contributed by atoms with Gasteiger partial charge in [0.25, 0.3) is 5.91 Å². The van der Waals surface area contributed by atoms with Crippen LogP contribution in [0.5, 0.6) is 0 Å². The summed E-state index contributed by atoms with van der Waals surface area (Å²) in [4.78, 5) is 11.6. The number of hydrogen-bond donors (Lipinski definition) is 3. The molecule has 0 saturated heterocycles. The molecule has 1 aromatic carbocycles. The van der Waals surface area contributed by atoms with Crippen molar-refractivity contribution in [1.82, 2.24) is 5.32 Å². The number of carbonyl (C=O) groups excluding carboxylic acids is 1. The molecule has 2 rings (SSSR count). The van der Waals surface area contributed by atoms with Gasteiger partial charge in [0.15, 0.2) is 0 Å². The molecule has 4 nitrogen and oxygen atoms in total. The minimum atomic E-state index is -0.108. The minimum Gasteiger partial charge on any atom is -0.397 e. The third kappa shape index (κ3) is 3.60. The Bertz CT molecular complexity index is 478. The van der Waals surface area contributed by atoms with Gasteiger partial charge in [-0.15, -0.1) is 0 Å². The molecule has 0 radical (unpaired) electrons. The van der Waals surface area contributed by atoms with E-state index in [0.29, 0.717) is 17.3 Å². The number of carbonyl (C=O) groups is 1. The molecule has 2 unspecified atom stereocenters. The van der Waals surface area contributed by atoms with Crippen molar-refractivity contribution in [3.8, 4) is 0 Å². The predicted octanol–water partition coefficient (Wildman–Crippen LogP) is 2.71. The van der Waals surface area contributed by atoms with Crippen LogP contribution < -0.4 is 16.4 Å². The molecule has 20 heavy (non-hydrogen) atoms. The molecule has 4 N–H and O–H groups in total. The monoisotopic (exact) mass is 293 g/mol. The molecule has 1 amide bonds. The normalized spacial score (nSPS) is 22.3. The average molecular weight is 293 g/mol. The van der Waals surface area contributed by atoms with E-state index in [-0.39, 0.29) is 5.91 Å². The second-order valence-electron chi connectivity index (χ2n) is 5.25. The Hall–Kier alpha value is -1.36. The summed E-state index contributed by atoms with van der Waals surface area (Å²) in [6.45, 7) is 0. The topological polar surface area (TPSA) is 67.2 Å². The maximum Gasteiger partial charge on any atom is 0.251 e. The highest BCUT2D eigenvalue weighted by Crippen LogP contribution is 2.30. The quantitative estimate of drug-likeness (QED) is 0.747. The van der Waals surface area contributed by atoms with Gasteiger partial charge >= 0.3 is 0 Å². The van der Waals surface area contributed by atoms with Gasteiger partial charge in [0.1, 0.15) is 0 Å². The molecule has 1 aliphatic rings. The first-order valence-corrected chi connectivity index (χ1v) is 8.33. The van der Waals surface area contributed by atoms with Crippen molar-refractivity contribution in [3.63, 3.8) is 0 Å². The van der Waals surface area contributed by atoms with E-state index in [2.05, 4.69) is 16.9 Å². The van der Waals surface area contributed by atoms with E-state index >= 15 is 0 Å². The lowest BCUT2D eigenvalue weighted by Gasteiger charge is -2.29. The van der Waals surface area contributed by atoms with Gasteiger partial charge in [0.05, 0.1) is 11.4 Å². The van der Waals surface area contributed by atoms with Crippen molar-refractivity contribution in [2.75, 3.05) is 24.4 Å². The molecule has 1 saturated carbocycles. The van der Waals surface area contributed by atoms with Crippen LogP contribution in [0.15, 0.2) is 18.2 Å². The Labute approximate surface area is 124 Å². The lowest BCUT2D eigenvalue weighted by molar-refractivity contribution is 0.0963. The summed E-state index contributed by atoms with van der Waals surface area (Å²) in [6.07, 6.45) is 7.12. The maximum atomic E-state index is 11.6. The number of nitrogen functional groups attached to an aromatic ring is 1. The Kier molecular flexibility index (Phi) is 5.17. The first kappa shape index (κ1) is 15.0. The van der Waals surface area contributed by atoms with Gasteiger partial charge in [-0.05, 0) is 43.7 Å². The predicted molar refractivity (Wildman–Crippen MR) is 87.4 cm³/mol. The summed E-state index contributed by atoms with van der Waals surface area (Å²) >= 11 is 1.95. The highest BCUT2D eigenvalue weighted by molar-refractivity contribution is 7.99. The zero-order valence-corrected chi connectivity index (χ0v) is 12.9. The SMILES string of the molecule is CNC(=O)c1ccc(NC2CCCC(SC)C2)c(N)c1. The molecular weight excluding hydrogens is 270 g/mol. The zero-order chi connectivity index (χ0) is 14.5. The third-order valence-corrected chi connectivity index (χ3v) is 4.95. The molecule has 1 aliphatic carbocycles. The molecule has 0 spiro atoms. The molecule has 1 fully saturated rings. The van der Waals surface area contributed by atoms with Gasteiger partial charge in [0.2, 0.25) is 0 Å². The van der Waals surface area contributed by atoms with Gasteiger partial charge in [-0.1, -0.05) is 6.42 Å². The number of nitrogens with one attached hydrogen (secondary N) is 2. The summed E-state index contributed by atoms with van der Waals surface area (Å²) in [5, 5.41) is 6.88. The van der Waals surface area contributed by atoms with E-state index in [9.17, 15) is 4.79 Å². The van der Waals surface area contributed by atoms with Crippen molar-refractivity contribution >= 4 is 29.0 Å². The van der Waals surface area contributed by atoms with Crippen LogP contribution in [-0.2, 0) is 0 Å².